The quantitative estimate of drug-likeness (QED) is 0.216. The van der Waals surface area contributed by atoms with Gasteiger partial charge in [0.15, 0.2) is 0 Å². The van der Waals surface area contributed by atoms with Gasteiger partial charge in [0.25, 0.3) is 0 Å². The molecule has 0 saturated carbocycles. The van der Waals surface area contributed by atoms with Crippen LogP contribution in [0.5, 0.6) is 5.75 Å². The lowest BCUT2D eigenvalue weighted by Gasteiger charge is -2.34. The standard InChI is InChI=1S/C31H37N3O2/c1-8-22-13-15-23(16-14-22)29(35)36-25-12-10-9-11-24(25)27-28(33-31(6,7)20-30(3,4)5)34-18-17-21(2)19-26(34)32-27/h9-19,33H,8,20H2,1-7H3. The lowest BCUT2D eigenvalue weighted by molar-refractivity contribution is 0.0735. The zero-order valence-electron chi connectivity index (χ0n) is 22.5. The van der Waals surface area contributed by atoms with E-state index in [1.165, 1.54) is 5.56 Å². The summed E-state index contributed by atoms with van der Waals surface area (Å²) in [6, 6.07) is 19.3. The van der Waals surface area contributed by atoms with Crippen LogP contribution in [0.3, 0.4) is 0 Å². The number of nitrogens with one attached hydrogen (secondary N) is 1. The Kier molecular flexibility index (Phi) is 6.94. The van der Waals surface area contributed by atoms with Crippen molar-refractivity contribution >= 4 is 17.4 Å². The van der Waals surface area contributed by atoms with Crippen molar-refractivity contribution in [3.05, 3.63) is 83.6 Å². The average molecular weight is 484 g/mol. The monoisotopic (exact) mass is 483 g/mol. The van der Waals surface area contributed by atoms with E-state index < -0.39 is 0 Å². The van der Waals surface area contributed by atoms with Crippen molar-refractivity contribution in [1.29, 1.82) is 0 Å². The highest BCUT2D eigenvalue weighted by Gasteiger charge is 2.29. The highest BCUT2D eigenvalue weighted by molar-refractivity contribution is 5.92. The number of imidazole rings is 1. The minimum Gasteiger partial charge on any atom is -0.422 e. The molecule has 0 aliphatic rings. The third-order valence-electron chi connectivity index (χ3n) is 6.15. The number of para-hydroxylation sites is 1. The molecule has 5 heteroatoms. The summed E-state index contributed by atoms with van der Waals surface area (Å²) in [6.45, 7) is 15.3. The molecular weight excluding hydrogens is 446 g/mol. The molecule has 0 fully saturated rings. The summed E-state index contributed by atoms with van der Waals surface area (Å²) in [7, 11) is 0. The topological polar surface area (TPSA) is 55.6 Å². The third-order valence-corrected chi connectivity index (χ3v) is 6.15. The number of pyridine rings is 1. The maximum Gasteiger partial charge on any atom is 0.343 e. The molecule has 4 aromatic rings. The highest BCUT2D eigenvalue weighted by Crippen LogP contribution is 2.38. The molecule has 0 unspecified atom stereocenters. The van der Waals surface area contributed by atoms with Crippen LogP contribution in [-0.4, -0.2) is 20.9 Å². The predicted octanol–water partition coefficient (Wildman–Crippen LogP) is 7.72. The first-order chi connectivity index (χ1) is 17.0. The molecular formula is C31H37N3O2. The number of nitrogens with zero attached hydrogens (tertiary/aromatic N) is 2. The molecule has 5 nitrogen and oxygen atoms in total. The van der Waals surface area contributed by atoms with Gasteiger partial charge in [0.05, 0.1) is 5.56 Å². The first-order valence-electron chi connectivity index (χ1n) is 12.6. The summed E-state index contributed by atoms with van der Waals surface area (Å²) in [4.78, 5) is 18.0. The number of esters is 1. The van der Waals surface area contributed by atoms with E-state index in [4.69, 9.17) is 9.72 Å². The first-order valence-corrected chi connectivity index (χ1v) is 12.6. The lowest BCUT2D eigenvalue weighted by atomic mass is 9.82. The second-order valence-electron chi connectivity index (χ2n) is 11.4. The van der Waals surface area contributed by atoms with Crippen LogP contribution in [0.4, 0.5) is 5.82 Å². The second-order valence-corrected chi connectivity index (χ2v) is 11.4. The fraction of sp³-hybridized carbons (Fsp3) is 0.355. The molecule has 188 valence electrons. The number of aryl methyl sites for hydroxylation is 2. The molecule has 0 bridgehead atoms. The number of fused-ring (bicyclic) bond motifs is 1. The number of benzene rings is 2. The van der Waals surface area contributed by atoms with Crippen LogP contribution in [0.2, 0.25) is 0 Å². The van der Waals surface area contributed by atoms with Gasteiger partial charge in [-0.1, -0.05) is 52.0 Å². The van der Waals surface area contributed by atoms with E-state index in [0.717, 1.165) is 41.1 Å². The number of aromatic nitrogens is 2. The average Bonchev–Trinajstić information content (AvgIpc) is 3.14. The molecule has 0 atom stereocenters. The van der Waals surface area contributed by atoms with Gasteiger partial charge in [0.2, 0.25) is 0 Å². The zero-order valence-corrected chi connectivity index (χ0v) is 22.5. The third kappa shape index (κ3) is 5.78. The van der Waals surface area contributed by atoms with Crippen molar-refractivity contribution in [2.24, 2.45) is 5.41 Å². The van der Waals surface area contributed by atoms with Gasteiger partial charge >= 0.3 is 5.97 Å². The maximum absolute atomic E-state index is 13.0. The van der Waals surface area contributed by atoms with Crippen molar-refractivity contribution in [3.63, 3.8) is 0 Å². The van der Waals surface area contributed by atoms with Crippen LogP contribution >= 0.6 is 0 Å². The first kappa shape index (κ1) is 25.5. The van der Waals surface area contributed by atoms with Gasteiger partial charge in [-0.25, -0.2) is 9.78 Å². The number of carbonyl (C=O) groups excluding carboxylic acids is 1. The Labute approximate surface area is 214 Å². The molecule has 2 aromatic heterocycles. The van der Waals surface area contributed by atoms with Gasteiger partial charge in [-0.15, -0.1) is 0 Å². The number of ether oxygens (including phenoxy) is 1. The Balaban J connectivity index is 1.77. The van der Waals surface area contributed by atoms with Gasteiger partial charge < -0.3 is 10.1 Å². The number of carbonyl (C=O) groups is 1. The van der Waals surface area contributed by atoms with Crippen LogP contribution in [0.1, 0.15) is 69.4 Å². The smallest absolute Gasteiger partial charge is 0.343 e. The van der Waals surface area contributed by atoms with Crippen molar-refractivity contribution in [1.82, 2.24) is 9.38 Å². The molecule has 0 aliphatic heterocycles. The number of hydrogen-bond donors (Lipinski definition) is 1. The number of anilines is 1. The minimum absolute atomic E-state index is 0.147. The van der Waals surface area contributed by atoms with Crippen molar-refractivity contribution in [2.75, 3.05) is 5.32 Å². The van der Waals surface area contributed by atoms with E-state index in [9.17, 15) is 4.79 Å². The van der Waals surface area contributed by atoms with Crippen molar-refractivity contribution in [3.8, 4) is 17.0 Å². The van der Waals surface area contributed by atoms with E-state index in [1.807, 2.05) is 54.7 Å². The van der Waals surface area contributed by atoms with Gasteiger partial charge in [0.1, 0.15) is 22.9 Å². The lowest BCUT2D eigenvalue weighted by Crippen LogP contribution is -2.36. The van der Waals surface area contributed by atoms with Gasteiger partial charge in [-0.3, -0.25) is 4.40 Å². The molecule has 2 aromatic carbocycles. The van der Waals surface area contributed by atoms with Gasteiger partial charge in [0, 0.05) is 17.3 Å². The molecule has 0 amide bonds. The molecule has 2 heterocycles. The van der Waals surface area contributed by atoms with E-state index in [0.29, 0.717) is 11.3 Å². The number of hydrogen-bond acceptors (Lipinski definition) is 4. The fourth-order valence-corrected chi connectivity index (χ4v) is 4.93. The molecule has 4 rings (SSSR count). The Morgan fingerprint density at radius 1 is 1.00 bits per heavy atom. The summed E-state index contributed by atoms with van der Waals surface area (Å²) in [6.07, 6.45) is 3.93. The minimum atomic E-state index is -0.382. The van der Waals surface area contributed by atoms with Crippen molar-refractivity contribution in [2.45, 2.75) is 66.8 Å². The van der Waals surface area contributed by atoms with Crippen molar-refractivity contribution < 1.29 is 9.53 Å². The second kappa shape index (κ2) is 9.81. The highest BCUT2D eigenvalue weighted by atomic mass is 16.5. The molecule has 0 saturated heterocycles. The summed E-state index contributed by atoms with van der Waals surface area (Å²) in [5.74, 6) is 0.987. The Bertz CT molecular complexity index is 1380. The SMILES string of the molecule is CCc1ccc(C(=O)Oc2ccccc2-c2nc3cc(C)ccn3c2NC(C)(C)CC(C)(C)C)cc1. The van der Waals surface area contributed by atoms with E-state index in [-0.39, 0.29) is 16.9 Å². The largest absolute Gasteiger partial charge is 0.422 e. The number of rotatable bonds is 7. The summed E-state index contributed by atoms with van der Waals surface area (Å²) >= 11 is 0. The summed E-state index contributed by atoms with van der Waals surface area (Å²) in [5, 5.41) is 3.77. The van der Waals surface area contributed by atoms with Crippen LogP contribution < -0.4 is 10.1 Å². The van der Waals surface area contributed by atoms with Gasteiger partial charge in [-0.05, 0) is 86.6 Å². The van der Waals surface area contributed by atoms with Crippen LogP contribution in [0.25, 0.3) is 16.9 Å². The van der Waals surface area contributed by atoms with E-state index in [2.05, 4.69) is 70.3 Å². The van der Waals surface area contributed by atoms with Crippen LogP contribution in [0.15, 0.2) is 66.9 Å². The van der Waals surface area contributed by atoms with E-state index >= 15 is 0 Å². The summed E-state index contributed by atoms with van der Waals surface area (Å²) < 4.78 is 8.01. The Morgan fingerprint density at radius 3 is 2.36 bits per heavy atom. The molecule has 0 radical (unpaired) electrons. The Morgan fingerprint density at radius 2 is 1.69 bits per heavy atom. The molecule has 36 heavy (non-hydrogen) atoms. The van der Waals surface area contributed by atoms with Gasteiger partial charge in [-0.2, -0.15) is 0 Å². The normalized spacial score (nSPS) is 12.1. The Hall–Kier alpha value is -3.60. The molecule has 1 N–H and O–H groups in total. The van der Waals surface area contributed by atoms with Crippen LogP contribution in [-0.2, 0) is 6.42 Å². The molecule has 0 spiro atoms. The van der Waals surface area contributed by atoms with E-state index in [1.54, 1.807) is 0 Å². The van der Waals surface area contributed by atoms with Crippen LogP contribution in [0, 0.1) is 12.3 Å². The predicted molar refractivity (Wildman–Crippen MR) is 148 cm³/mol. The summed E-state index contributed by atoms with van der Waals surface area (Å²) in [5.41, 5.74) is 5.16. The fourth-order valence-electron chi connectivity index (χ4n) is 4.93. The zero-order chi connectivity index (χ0) is 26.1. The molecule has 0 aliphatic carbocycles. The maximum atomic E-state index is 13.0.